The van der Waals surface area contributed by atoms with Crippen molar-refractivity contribution in [2.45, 2.75) is 58.0 Å². The number of hydrogen-bond donors (Lipinski definition) is 1. The quantitative estimate of drug-likeness (QED) is 0.894. The molecule has 1 aliphatic heterocycles. The van der Waals surface area contributed by atoms with Crippen LogP contribution in [0.2, 0.25) is 0 Å². The lowest BCUT2D eigenvalue weighted by Gasteiger charge is -2.27. The minimum absolute atomic E-state index is 0.0600. The average molecular weight is 318 g/mol. The summed E-state index contributed by atoms with van der Waals surface area (Å²) >= 11 is 0. The van der Waals surface area contributed by atoms with E-state index in [1.807, 2.05) is 17.9 Å². The molecule has 1 saturated carbocycles. The molecule has 6 nitrogen and oxygen atoms in total. The molecule has 23 heavy (non-hydrogen) atoms. The van der Waals surface area contributed by atoms with Crippen molar-refractivity contribution in [2.24, 2.45) is 5.92 Å². The molecule has 1 atom stereocenters. The predicted octanol–water partition coefficient (Wildman–Crippen LogP) is 1.49. The first-order valence-corrected chi connectivity index (χ1v) is 8.67. The third-order valence-corrected chi connectivity index (χ3v) is 4.86. The monoisotopic (exact) mass is 318 g/mol. The molecule has 2 aliphatic rings. The summed E-state index contributed by atoms with van der Waals surface area (Å²) in [6, 6.07) is 1.81. The van der Waals surface area contributed by atoms with E-state index in [1.54, 1.807) is 10.9 Å². The van der Waals surface area contributed by atoms with Crippen LogP contribution in [0.3, 0.4) is 0 Å². The fourth-order valence-corrected chi connectivity index (χ4v) is 3.70. The highest BCUT2D eigenvalue weighted by atomic mass is 16.2. The molecule has 126 valence electrons. The lowest BCUT2D eigenvalue weighted by Crippen LogP contribution is -2.39. The Morgan fingerprint density at radius 2 is 2.13 bits per heavy atom. The standard InChI is InChI=1S/C17H26N4O2/c1-13-7-8-21(19-13)12-16(22)18-15-9-17(23)20(11-15)10-14-5-3-2-4-6-14/h7-8,14-15H,2-6,9-12H2,1H3,(H,18,22)/t15-/m1/s1. The van der Waals surface area contributed by atoms with Gasteiger partial charge in [-0.2, -0.15) is 5.10 Å². The molecule has 0 spiro atoms. The number of rotatable bonds is 5. The molecule has 3 rings (SSSR count). The Morgan fingerprint density at radius 3 is 2.83 bits per heavy atom. The van der Waals surface area contributed by atoms with Gasteiger partial charge in [-0.3, -0.25) is 14.3 Å². The molecule has 1 aliphatic carbocycles. The van der Waals surface area contributed by atoms with Crippen LogP contribution in [-0.2, 0) is 16.1 Å². The van der Waals surface area contributed by atoms with Crippen molar-refractivity contribution >= 4 is 11.8 Å². The van der Waals surface area contributed by atoms with E-state index in [4.69, 9.17) is 0 Å². The van der Waals surface area contributed by atoms with Gasteiger partial charge in [0.2, 0.25) is 11.8 Å². The summed E-state index contributed by atoms with van der Waals surface area (Å²) in [6.07, 6.45) is 8.60. The van der Waals surface area contributed by atoms with Gasteiger partial charge in [-0.15, -0.1) is 0 Å². The first-order chi connectivity index (χ1) is 11.1. The summed E-state index contributed by atoms with van der Waals surface area (Å²) in [5, 5.41) is 7.18. The third kappa shape index (κ3) is 4.33. The fourth-order valence-electron chi connectivity index (χ4n) is 3.70. The molecule has 1 N–H and O–H groups in total. The van der Waals surface area contributed by atoms with Crippen LogP contribution in [0.4, 0.5) is 0 Å². The summed E-state index contributed by atoms with van der Waals surface area (Å²) in [5.41, 5.74) is 0.896. The van der Waals surface area contributed by atoms with Crippen molar-refractivity contribution < 1.29 is 9.59 Å². The normalized spacial score (nSPS) is 22.6. The van der Waals surface area contributed by atoms with Crippen molar-refractivity contribution in [3.63, 3.8) is 0 Å². The number of nitrogens with zero attached hydrogens (tertiary/aromatic N) is 3. The maximum Gasteiger partial charge on any atom is 0.242 e. The van der Waals surface area contributed by atoms with Gasteiger partial charge in [-0.1, -0.05) is 19.3 Å². The fraction of sp³-hybridized carbons (Fsp3) is 0.706. The molecule has 1 aromatic rings. The van der Waals surface area contributed by atoms with Crippen LogP contribution in [0.15, 0.2) is 12.3 Å². The molecule has 0 aromatic carbocycles. The summed E-state index contributed by atoms with van der Waals surface area (Å²) in [7, 11) is 0. The summed E-state index contributed by atoms with van der Waals surface area (Å²) in [5.74, 6) is 0.746. The molecular weight excluding hydrogens is 292 g/mol. The van der Waals surface area contributed by atoms with Gasteiger partial charge in [0.25, 0.3) is 0 Å². The number of nitrogens with one attached hydrogen (secondary N) is 1. The van der Waals surface area contributed by atoms with E-state index in [0.717, 1.165) is 12.2 Å². The second-order valence-corrected chi connectivity index (χ2v) is 6.93. The minimum atomic E-state index is -0.0783. The van der Waals surface area contributed by atoms with Crippen LogP contribution in [0, 0.1) is 12.8 Å². The molecule has 6 heteroatoms. The van der Waals surface area contributed by atoms with Gasteiger partial charge < -0.3 is 10.2 Å². The smallest absolute Gasteiger partial charge is 0.242 e. The Labute approximate surface area is 137 Å². The van der Waals surface area contributed by atoms with E-state index < -0.39 is 0 Å². The van der Waals surface area contributed by atoms with Crippen LogP contribution < -0.4 is 5.32 Å². The zero-order chi connectivity index (χ0) is 16.2. The summed E-state index contributed by atoms with van der Waals surface area (Å²) in [6.45, 7) is 3.62. The highest BCUT2D eigenvalue weighted by Gasteiger charge is 2.32. The maximum absolute atomic E-state index is 12.2. The van der Waals surface area contributed by atoms with Gasteiger partial charge in [0, 0.05) is 25.7 Å². The van der Waals surface area contributed by atoms with Crippen LogP contribution in [-0.4, -0.2) is 45.6 Å². The lowest BCUT2D eigenvalue weighted by molar-refractivity contribution is -0.128. The Balaban J connectivity index is 1.46. The Kier molecular flexibility index (Phi) is 4.98. The van der Waals surface area contributed by atoms with Crippen LogP contribution in [0.25, 0.3) is 0 Å². The number of aromatic nitrogens is 2. The second-order valence-electron chi connectivity index (χ2n) is 6.93. The number of carbonyl (C=O) groups is 2. The first-order valence-electron chi connectivity index (χ1n) is 8.67. The summed E-state index contributed by atoms with van der Waals surface area (Å²) in [4.78, 5) is 26.2. The van der Waals surface area contributed by atoms with Gasteiger partial charge >= 0.3 is 0 Å². The molecule has 1 saturated heterocycles. The van der Waals surface area contributed by atoms with E-state index in [0.29, 0.717) is 18.9 Å². The van der Waals surface area contributed by atoms with Crippen molar-refractivity contribution in [1.29, 1.82) is 0 Å². The number of amides is 2. The first kappa shape index (κ1) is 16.0. The molecule has 0 radical (unpaired) electrons. The maximum atomic E-state index is 12.2. The highest BCUT2D eigenvalue weighted by Crippen LogP contribution is 2.26. The molecule has 2 fully saturated rings. The summed E-state index contributed by atoms with van der Waals surface area (Å²) < 4.78 is 1.63. The van der Waals surface area contributed by atoms with E-state index in [1.165, 1.54) is 32.1 Å². The van der Waals surface area contributed by atoms with Crippen molar-refractivity contribution in [2.75, 3.05) is 13.1 Å². The van der Waals surface area contributed by atoms with E-state index >= 15 is 0 Å². The van der Waals surface area contributed by atoms with E-state index in [9.17, 15) is 9.59 Å². The van der Waals surface area contributed by atoms with Gasteiger partial charge in [0.05, 0.1) is 11.7 Å². The van der Waals surface area contributed by atoms with Crippen LogP contribution in [0.1, 0.15) is 44.2 Å². The number of hydrogen-bond acceptors (Lipinski definition) is 3. The average Bonchev–Trinajstić information content (AvgIpc) is 3.06. The third-order valence-electron chi connectivity index (χ3n) is 4.86. The highest BCUT2D eigenvalue weighted by molar-refractivity contribution is 5.82. The van der Waals surface area contributed by atoms with Crippen molar-refractivity contribution in [3.8, 4) is 0 Å². The van der Waals surface area contributed by atoms with Gasteiger partial charge in [-0.25, -0.2) is 0 Å². The zero-order valence-corrected chi connectivity index (χ0v) is 13.8. The van der Waals surface area contributed by atoms with Crippen molar-refractivity contribution in [3.05, 3.63) is 18.0 Å². The van der Waals surface area contributed by atoms with Crippen LogP contribution >= 0.6 is 0 Å². The van der Waals surface area contributed by atoms with Gasteiger partial charge in [0.1, 0.15) is 6.54 Å². The second kappa shape index (κ2) is 7.15. The molecule has 1 aromatic heterocycles. The zero-order valence-electron chi connectivity index (χ0n) is 13.8. The number of aryl methyl sites for hydroxylation is 1. The van der Waals surface area contributed by atoms with Gasteiger partial charge in [-0.05, 0) is 31.7 Å². The van der Waals surface area contributed by atoms with E-state index in [-0.39, 0.29) is 24.4 Å². The topological polar surface area (TPSA) is 67.2 Å². The molecule has 0 unspecified atom stereocenters. The predicted molar refractivity (Wildman–Crippen MR) is 86.7 cm³/mol. The Morgan fingerprint density at radius 1 is 1.35 bits per heavy atom. The van der Waals surface area contributed by atoms with Crippen LogP contribution in [0.5, 0.6) is 0 Å². The largest absolute Gasteiger partial charge is 0.349 e. The SMILES string of the molecule is Cc1ccn(CC(=O)N[C@@H]2CC(=O)N(CC3CCCCC3)C2)n1. The minimum Gasteiger partial charge on any atom is -0.349 e. The molecule has 2 amide bonds. The lowest BCUT2D eigenvalue weighted by atomic mass is 9.89. The Hall–Kier alpha value is -1.85. The molecular formula is C17H26N4O2. The van der Waals surface area contributed by atoms with E-state index in [2.05, 4.69) is 10.4 Å². The van der Waals surface area contributed by atoms with Crippen molar-refractivity contribution in [1.82, 2.24) is 20.0 Å². The Bertz CT molecular complexity index is 563. The number of carbonyl (C=O) groups excluding carboxylic acids is 2. The van der Waals surface area contributed by atoms with Gasteiger partial charge in [0.15, 0.2) is 0 Å². The number of likely N-dealkylation sites (tertiary alicyclic amines) is 1. The molecule has 2 heterocycles. The molecule has 0 bridgehead atoms.